The molecule has 1 aromatic heterocycles. The Morgan fingerprint density at radius 1 is 1.11 bits per heavy atom. The highest BCUT2D eigenvalue weighted by atomic mass is 15.1. The van der Waals surface area contributed by atoms with Crippen LogP contribution in [0.5, 0.6) is 0 Å². The van der Waals surface area contributed by atoms with Crippen molar-refractivity contribution in [2.24, 2.45) is 0 Å². The monoisotopic (exact) mass is 252 g/mol. The highest BCUT2D eigenvalue weighted by Crippen LogP contribution is 2.17. The van der Waals surface area contributed by atoms with Gasteiger partial charge in [0.25, 0.3) is 0 Å². The van der Waals surface area contributed by atoms with Crippen LogP contribution in [-0.2, 0) is 0 Å². The molecule has 1 heterocycles. The number of aryl methyl sites for hydroxylation is 2. The molecule has 0 amide bonds. The zero-order chi connectivity index (χ0) is 13.8. The van der Waals surface area contributed by atoms with Crippen LogP contribution < -0.4 is 5.32 Å². The van der Waals surface area contributed by atoms with Crippen LogP contribution in [-0.4, -0.2) is 9.97 Å². The van der Waals surface area contributed by atoms with Gasteiger partial charge in [-0.3, -0.25) is 0 Å². The van der Waals surface area contributed by atoms with Crippen molar-refractivity contribution in [3.05, 3.63) is 52.8 Å². The van der Waals surface area contributed by atoms with Gasteiger partial charge in [0.15, 0.2) is 0 Å². The molecule has 0 saturated carbocycles. The fraction of sp³-hybridized carbons (Fsp3) is 0.267. The minimum Gasteiger partial charge on any atom is -0.348 e. The first kappa shape index (κ1) is 13.0. The van der Waals surface area contributed by atoms with Gasteiger partial charge in [0, 0.05) is 11.4 Å². The Morgan fingerprint density at radius 3 is 2.21 bits per heavy atom. The average molecular weight is 252 g/mol. The van der Waals surface area contributed by atoms with Gasteiger partial charge in [-0.25, -0.2) is 9.97 Å². The van der Waals surface area contributed by atoms with Gasteiger partial charge in [-0.15, -0.1) is 0 Å². The van der Waals surface area contributed by atoms with Crippen LogP contribution in [0.2, 0.25) is 0 Å². The lowest BCUT2D eigenvalue weighted by Crippen LogP contribution is -2.10. The van der Waals surface area contributed by atoms with Crippen molar-refractivity contribution >= 4 is 5.95 Å². The van der Waals surface area contributed by atoms with Gasteiger partial charge in [0.1, 0.15) is 0 Å². The van der Waals surface area contributed by atoms with E-state index >= 15 is 0 Å². The van der Waals surface area contributed by atoms with E-state index in [0.717, 1.165) is 17.0 Å². The number of nitrogens with zero attached hydrogens (tertiary/aromatic N) is 3. The van der Waals surface area contributed by atoms with Crippen LogP contribution in [0.3, 0.4) is 0 Å². The molecular formula is C15H16N4. The average Bonchev–Trinajstić information content (AvgIpc) is 2.37. The van der Waals surface area contributed by atoms with E-state index in [9.17, 15) is 0 Å². The summed E-state index contributed by atoms with van der Waals surface area (Å²) in [5.41, 5.74) is 3.66. The van der Waals surface area contributed by atoms with Crippen molar-refractivity contribution in [2.75, 3.05) is 5.32 Å². The first-order valence-electron chi connectivity index (χ1n) is 6.17. The van der Waals surface area contributed by atoms with Crippen LogP contribution in [0, 0.1) is 25.2 Å². The summed E-state index contributed by atoms with van der Waals surface area (Å²) in [6.45, 7) is 5.95. The predicted molar refractivity (Wildman–Crippen MR) is 74.7 cm³/mol. The number of rotatable bonds is 3. The van der Waals surface area contributed by atoms with Gasteiger partial charge >= 0.3 is 0 Å². The normalized spacial score (nSPS) is 11.7. The zero-order valence-electron chi connectivity index (χ0n) is 11.3. The van der Waals surface area contributed by atoms with Crippen LogP contribution in [0.25, 0.3) is 0 Å². The first-order chi connectivity index (χ1) is 9.08. The largest absolute Gasteiger partial charge is 0.348 e. The topological polar surface area (TPSA) is 61.6 Å². The number of aromatic nitrogens is 2. The predicted octanol–water partition coefficient (Wildman–Crippen LogP) is 3.14. The standard InChI is InChI=1S/C15H16N4/c1-10-8-11(2)18-15(17-10)19-12(3)14-6-4-13(9-16)5-7-14/h4-8,12H,1-3H3,(H,17,18,19). The van der Waals surface area contributed by atoms with Gasteiger partial charge in [-0.1, -0.05) is 12.1 Å². The van der Waals surface area contributed by atoms with E-state index in [1.54, 1.807) is 0 Å². The van der Waals surface area contributed by atoms with E-state index < -0.39 is 0 Å². The third-order valence-electron chi connectivity index (χ3n) is 2.87. The molecule has 0 bridgehead atoms. The molecule has 0 aliphatic carbocycles. The number of benzene rings is 1. The summed E-state index contributed by atoms with van der Waals surface area (Å²) in [7, 11) is 0. The maximum atomic E-state index is 8.78. The van der Waals surface area contributed by atoms with Crippen molar-refractivity contribution in [3.63, 3.8) is 0 Å². The van der Waals surface area contributed by atoms with E-state index in [-0.39, 0.29) is 6.04 Å². The van der Waals surface area contributed by atoms with Crippen LogP contribution in [0.1, 0.15) is 35.5 Å². The molecule has 0 aliphatic rings. The van der Waals surface area contributed by atoms with E-state index in [1.807, 2.05) is 51.1 Å². The van der Waals surface area contributed by atoms with Crippen molar-refractivity contribution in [1.82, 2.24) is 9.97 Å². The Bertz CT molecular complexity index is 591. The maximum Gasteiger partial charge on any atom is 0.223 e. The third kappa shape index (κ3) is 3.29. The van der Waals surface area contributed by atoms with Gasteiger partial charge in [-0.05, 0) is 44.5 Å². The summed E-state index contributed by atoms with van der Waals surface area (Å²) in [5, 5.41) is 12.0. The van der Waals surface area contributed by atoms with Crippen LogP contribution in [0.4, 0.5) is 5.95 Å². The summed E-state index contributed by atoms with van der Waals surface area (Å²) < 4.78 is 0. The highest BCUT2D eigenvalue weighted by molar-refractivity contribution is 5.37. The van der Waals surface area contributed by atoms with E-state index in [2.05, 4.69) is 21.4 Å². The Labute approximate surface area is 113 Å². The number of hydrogen-bond acceptors (Lipinski definition) is 4. The van der Waals surface area contributed by atoms with Crippen molar-refractivity contribution < 1.29 is 0 Å². The third-order valence-corrected chi connectivity index (χ3v) is 2.87. The second-order valence-electron chi connectivity index (χ2n) is 4.57. The van der Waals surface area contributed by atoms with Crippen molar-refractivity contribution in [1.29, 1.82) is 5.26 Å². The number of hydrogen-bond donors (Lipinski definition) is 1. The molecule has 0 fully saturated rings. The minimum absolute atomic E-state index is 0.0916. The molecule has 2 aromatic rings. The molecule has 19 heavy (non-hydrogen) atoms. The lowest BCUT2D eigenvalue weighted by Gasteiger charge is -2.14. The summed E-state index contributed by atoms with van der Waals surface area (Å²) >= 11 is 0. The summed E-state index contributed by atoms with van der Waals surface area (Å²) in [6.07, 6.45) is 0. The van der Waals surface area contributed by atoms with Crippen LogP contribution >= 0.6 is 0 Å². The molecule has 0 aliphatic heterocycles. The fourth-order valence-electron chi connectivity index (χ4n) is 1.91. The van der Waals surface area contributed by atoms with Gasteiger partial charge < -0.3 is 5.32 Å². The SMILES string of the molecule is Cc1cc(C)nc(NC(C)c2ccc(C#N)cc2)n1. The fourth-order valence-corrected chi connectivity index (χ4v) is 1.91. The lowest BCUT2D eigenvalue weighted by molar-refractivity contribution is 0.853. The lowest BCUT2D eigenvalue weighted by atomic mass is 10.1. The van der Waals surface area contributed by atoms with Gasteiger partial charge in [-0.2, -0.15) is 5.26 Å². The molecular weight excluding hydrogens is 236 g/mol. The van der Waals surface area contributed by atoms with Crippen LogP contribution in [0.15, 0.2) is 30.3 Å². The maximum absolute atomic E-state index is 8.78. The summed E-state index contributed by atoms with van der Waals surface area (Å²) in [5.74, 6) is 0.634. The molecule has 1 N–H and O–H groups in total. The molecule has 2 rings (SSSR count). The molecule has 0 radical (unpaired) electrons. The van der Waals surface area contributed by atoms with Crippen molar-refractivity contribution in [2.45, 2.75) is 26.8 Å². The van der Waals surface area contributed by atoms with Crippen molar-refractivity contribution in [3.8, 4) is 6.07 Å². The first-order valence-corrected chi connectivity index (χ1v) is 6.17. The van der Waals surface area contributed by atoms with Gasteiger partial charge in [0.05, 0.1) is 17.7 Å². The quantitative estimate of drug-likeness (QED) is 0.911. The second kappa shape index (κ2) is 5.49. The number of nitriles is 1. The molecule has 0 saturated heterocycles. The van der Waals surface area contributed by atoms with E-state index in [1.165, 1.54) is 0 Å². The van der Waals surface area contributed by atoms with E-state index in [0.29, 0.717) is 11.5 Å². The molecule has 96 valence electrons. The molecule has 0 spiro atoms. The molecule has 4 heteroatoms. The minimum atomic E-state index is 0.0916. The molecule has 1 atom stereocenters. The van der Waals surface area contributed by atoms with E-state index in [4.69, 9.17) is 5.26 Å². The Morgan fingerprint density at radius 2 is 1.68 bits per heavy atom. The Hall–Kier alpha value is -2.41. The Kier molecular flexibility index (Phi) is 3.76. The molecule has 1 unspecified atom stereocenters. The number of nitrogens with one attached hydrogen (secondary N) is 1. The molecule has 4 nitrogen and oxygen atoms in total. The van der Waals surface area contributed by atoms with Gasteiger partial charge in [0.2, 0.25) is 5.95 Å². The second-order valence-corrected chi connectivity index (χ2v) is 4.57. The smallest absolute Gasteiger partial charge is 0.223 e. The highest BCUT2D eigenvalue weighted by Gasteiger charge is 2.07. The number of anilines is 1. The summed E-state index contributed by atoms with van der Waals surface area (Å²) in [6, 6.07) is 11.7. The Balaban J connectivity index is 2.15. The summed E-state index contributed by atoms with van der Waals surface area (Å²) in [4.78, 5) is 8.72. The molecule has 1 aromatic carbocycles. The zero-order valence-corrected chi connectivity index (χ0v) is 11.3.